The SMILES string of the molecule is C/C=C1\C(=C/COC)OC=C(c2ccc(OC)c(O)c2)C1O. The average Bonchev–Trinajstić information content (AvgIpc) is 2.52. The normalized spacial score (nSPS) is 21.6. The molecule has 118 valence electrons. The van der Waals surface area contributed by atoms with Crippen molar-refractivity contribution in [2.45, 2.75) is 13.0 Å². The zero-order valence-electron chi connectivity index (χ0n) is 12.9. The molecule has 22 heavy (non-hydrogen) atoms. The first-order valence-corrected chi connectivity index (χ1v) is 6.90. The third-order valence-electron chi connectivity index (χ3n) is 3.45. The largest absolute Gasteiger partial charge is 0.504 e. The van der Waals surface area contributed by atoms with Crippen LogP contribution in [0.2, 0.25) is 0 Å². The summed E-state index contributed by atoms with van der Waals surface area (Å²) in [6.07, 6.45) is 4.20. The number of aromatic hydroxyl groups is 1. The second-order valence-electron chi connectivity index (χ2n) is 4.75. The summed E-state index contributed by atoms with van der Waals surface area (Å²) < 4.78 is 15.6. The molecule has 1 heterocycles. The van der Waals surface area contributed by atoms with Gasteiger partial charge in [0.1, 0.15) is 11.9 Å². The number of benzene rings is 1. The Morgan fingerprint density at radius 2 is 2.09 bits per heavy atom. The molecular formula is C17H20O5. The Morgan fingerprint density at radius 1 is 1.32 bits per heavy atom. The van der Waals surface area contributed by atoms with E-state index in [4.69, 9.17) is 14.2 Å². The molecule has 2 rings (SSSR count). The molecule has 5 heteroatoms. The van der Waals surface area contributed by atoms with Crippen LogP contribution in [0.3, 0.4) is 0 Å². The van der Waals surface area contributed by atoms with Gasteiger partial charge in [0.25, 0.3) is 0 Å². The quantitative estimate of drug-likeness (QED) is 0.895. The van der Waals surface area contributed by atoms with E-state index in [-0.39, 0.29) is 5.75 Å². The van der Waals surface area contributed by atoms with Crippen LogP contribution in [-0.2, 0) is 9.47 Å². The first kappa shape index (κ1) is 16.1. The zero-order chi connectivity index (χ0) is 16.1. The minimum absolute atomic E-state index is 0.0100. The van der Waals surface area contributed by atoms with Gasteiger partial charge >= 0.3 is 0 Å². The predicted molar refractivity (Wildman–Crippen MR) is 83.4 cm³/mol. The fourth-order valence-electron chi connectivity index (χ4n) is 2.28. The minimum atomic E-state index is -0.838. The maximum absolute atomic E-state index is 10.6. The topological polar surface area (TPSA) is 68.2 Å². The summed E-state index contributed by atoms with van der Waals surface area (Å²) >= 11 is 0. The maximum Gasteiger partial charge on any atom is 0.160 e. The second kappa shape index (κ2) is 7.15. The van der Waals surface area contributed by atoms with E-state index in [1.807, 2.05) is 6.92 Å². The number of methoxy groups -OCH3 is 2. The molecule has 1 atom stereocenters. The van der Waals surface area contributed by atoms with Gasteiger partial charge in [-0.15, -0.1) is 0 Å². The standard InChI is InChI=1S/C17H20O5/c1-4-12-15(7-8-20-2)22-10-13(17(12)19)11-5-6-16(21-3)14(18)9-11/h4-7,9-10,17-19H,8H2,1-3H3/b12-4+,15-7+. The van der Waals surface area contributed by atoms with Crippen LogP contribution in [0.5, 0.6) is 11.5 Å². The second-order valence-corrected chi connectivity index (χ2v) is 4.75. The predicted octanol–water partition coefficient (Wildman–Crippen LogP) is 2.61. The number of hydrogen-bond acceptors (Lipinski definition) is 5. The van der Waals surface area contributed by atoms with Crippen LogP contribution in [0.4, 0.5) is 0 Å². The molecule has 2 N–H and O–H groups in total. The summed E-state index contributed by atoms with van der Waals surface area (Å²) in [4.78, 5) is 0. The minimum Gasteiger partial charge on any atom is -0.504 e. The van der Waals surface area contributed by atoms with Crippen LogP contribution < -0.4 is 4.74 Å². The Hall–Kier alpha value is -2.24. The monoisotopic (exact) mass is 304 g/mol. The Bertz CT molecular complexity index is 628. The van der Waals surface area contributed by atoms with Gasteiger partial charge in [0, 0.05) is 18.3 Å². The summed E-state index contributed by atoms with van der Waals surface area (Å²) in [5.74, 6) is 0.955. The van der Waals surface area contributed by atoms with E-state index < -0.39 is 6.10 Å². The molecule has 0 radical (unpaired) electrons. The van der Waals surface area contributed by atoms with Gasteiger partial charge in [-0.05, 0) is 30.7 Å². The molecule has 5 nitrogen and oxygen atoms in total. The van der Waals surface area contributed by atoms with Crippen molar-refractivity contribution < 1.29 is 24.4 Å². The Morgan fingerprint density at radius 3 is 2.68 bits per heavy atom. The van der Waals surface area contributed by atoms with Crippen molar-refractivity contribution in [3.05, 3.63) is 53.5 Å². The van der Waals surface area contributed by atoms with Crippen LogP contribution >= 0.6 is 0 Å². The molecule has 0 saturated carbocycles. The molecule has 0 saturated heterocycles. The van der Waals surface area contributed by atoms with Crippen molar-refractivity contribution in [1.82, 2.24) is 0 Å². The molecule has 0 spiro atoms. The molecule has 0 aromatic heterocycles. The lowest BCUT2D eigenvalue weighted by Crippen LogP contribution is -2.20. The number of ether oxygens (including phenoxy) is 3. The number of phenolic OH excluding ortho intramolecular Hbond substituents is 1. The Balaban J connectivity index is 2.37. The van der Waals surface area contributed by atoms with Crippen LogP contribution in [0, 0.1) is 0 Å². The van der Waals surface area contributed by atoms with E-state index >= 15 is 0 Å². The van der Waals surface area contributed by atoms with Gasteiger partial charge in [-0.3, -0.25) is 0 Å². The van der Waals surface area contributed by atoms with Gasteiger partial charge in [-0.1, -0.05) is 12.1 Å². The highest BCUT2D eigenvalue weighted by Crippen LogP contribution is 2.36. The molecule has 1 aromatic carbocycles. The van der Waals surface area contributed by atoms with Crippen molar-refractivity contribution in [1.29, 1.82) is 0 Å². The lowest BCUT2D eigenvalue weighted by atomic mass is 9.93. The van der Waals surface area contributed by atoms with Crippen molar-refractivity contribution in [3.8, 4) is 11.5 Å². The lowest BCUT2D eigenvalue weighted by molar-refractivity contribution is 0.216. The zero-order valence-corrected chi connectivity index (χ0v) is 12.9. The Kier molecular flexibility index (Phi) is 5.25. The van der Waals surface area contributed by atoms with E-state index in [9.17, 15) is 10.2 Å². The average molecular weight is 304 g/mol. The summed E-state index contributed by atoms with van der Waals surface area (Å²) in [5, 5.41) is 20.4. The number of allylic oxidation sites excluding steroid dienone is 1. The smallest absolute Gasteiger partial charge is 0.160 e. The molecule has 1 aliphatic heterocycles. The highest BCUT2D eigenvalue weighted by Gasteiger charge is 2.26. The first-order chi connectivity index (χ1) is 10.6. The third-order valence-corrected chi connectivity index (χ3v) is 3.45. The summed E-state index contributed by atoms with van der Waals surface area (Å²) in [6.45, 7) is 2.23. The molecule has 0 aliphatic carbocycles. The van der Waals surface area contributed by atoms with E-state index in [0.717, 1.165) is 0 Å². The number of phenols is 1. The van der Waals surface area contributed by atoms with Crippen LogP contribution in [0.15, 0.2) is 47.9 Å². The fourth-order valence-corrected chi connectivity index (χ4v) is 2.28. The molecular weight excluding hydrogens is 284 g/mol. The Labute approximate surface area is 129 Å². The number of aliphatic hydroxyl groups is 1. The number of rotatable bonds is 4. The van der Waals surface area contributed by atoms with Crippen LogP contribution in [0.25, 0.3) is 5.57 Å². The highest BCUT2D eigenvalue weighted by molar-refractivity contribution is 5.75. The molecule has 1 aromatic rings. The molecule has 0 bridgehead atoms. The van der Waals surface area contributed by atoms with Gasteiger partial charge in [-0.25, -0.2) is 0 Å². The van der Waals surface area contributed by atoms with Gasteiger partial charge in [0.05, 0.1) is 20.0 Å². The third kappa shape index (κ3) is 3.16. The van der Waals surface area contributed by atoms with E-state index in [1.54, 1.807) is 31.4 Å². The summed E-state index contributed by atoms with van der Waals surface area (Å²) in [5.41, 5.74) is 1.89. The molecule has 1 unspecified atom stereocenters. The van der Waals surface area contributed by atoms with Gasteiger partial charge < -0.3 is 24.4 Å². The molecule has 0 amide bonds. The van der Waals surface area contributed by atoms with Gasteiger partial charge in [0.15, 0.2) is 11.5 Å². The van der Waals surface area contributed by atoms with Gasteiger partial charge in [-0.2, -0.15) is 0 Å². The number of aliphatic hydroxyl groups excluding tert-OH is 1. The van der Waals surface area contributed by atoms with E-state index in [2.05, 4.69) is 0 Å². The first-order valence-electron chi connectivity index (χ1n) is 6.90. The lowest BCUT2D eigenvalue weighted by Gasteiger charge is -2.25. The molecule has 0 fully saturated rings. The van der Waals surface area contributed by atoms with Crippen LogP contribution in [-0.4, -0.2) is 37.1 Å². The van der Waals surface area contributed by atoms with E-state index in [1.165, 1.54) is 19.4 Å². The summed E-state index contributed by atoms with van der Waals surface area (Å²) in [6, 6.07) is 4.94. The maximum atomic E-state index is 10.6. The van der Waals surface area contributed by atoms with Crippen LogP contribution in [0.1, 0.15) is 12.5 Å². The fraction of sp³-hybridized carbons (Fsp3) is 0.294. The van der Waals surface area contributed by atoms with Crippen molar-refractivity contribution >= 4 is 5.57 Å². The van der Waals surface area contributed by atoms with Crippen molar-refractivity contribution in [2.75, 3.05) is 20.8 Å². The van der Waals surface area contributed by atoms with E-state index in [0.29, 0.717) is 34.8 Å². The summed E-state index contributed by atoms with van der Waals surface area (Å²) in [7, 11) is 3.07. The van der Waals surface area contributed by atoms with Crippen molar-refractivity contribution in [2.24, 2.45) is 0 Å². The highest BCUT2D eigenvalue weighted by atomic mass is 16.5. The molecule has 1 aliphatic rings. The van der Waals surface area contributed by atoms with Crippen molar-refractivity contribution in [3.63, 3.8) is 0 Å². The van der Waals surface area contributed by atoms with Gasteiger partial charge in [0.2, 0.25) is 0 Å². The number of hydrogen-bond donors (Lipinski definition) is 2.